The zero-order chi connectivity index (χ0) is 18.2. The van der Waals surface area contributed by atoms with Gasteiger partial charge in [0.25, 0.3) is 5.91 Å². The SMILES string of the molecule is CCc1cccc(CC)c1NC(=O)COc1cccc(OC)c1OC. The highest BCUT2D eigenvalue weighted by Gasteiger charge is 2.14. The summed E-state index contributed by atoms with van der Waals surface area (Å²) in [5.41, 5.74) is 3.12. The number of nitrogens with one attached hydrogen (secondary N) is 1. The molecule has 0 bridgehead atoms. The number of hydrogen-bond donors (Lipinski definition) is 1. The lowest BCUT2D eigenvalue weighted by atomic mass is 10.0. The van der Waals surface area contributed by atoms with Crippen LogP contribution >= 0.6 is 0 Å². The van der Waals surface area contributed by atoms with E-state index in [1.165, 1.54) is 7.11 Å². The van der Waals surface area contributed by atoms with E-state index >= 15 is 0 Å². The van der Waals surface area contributed by atoms with E-state index in [9.17, 15) is 4.79 Å². The maximum absolute atomic E-state index is 12.4. The number of rotatable bonds is 8. The van der Waals surface area contributed by atoms with Gasteiger partial charge in [-0.25, -0.2) is 0 Å². The fraction of sp³-hybridized carbons (Fsp3) is 0.350. The van der Waals surface area contributed by atoms with Crippen LogP contribution in [0.3, 0.4) is 0 Å². The Kier molecular flexibility index (Phi) is 6.69. The molecule has 0 aliphatic rings. The molecule has 0 fully saturated rings. The lowest BCUT2D eigenvalue weighted by Gasteiger charge is -2.16. The highest BCUT2D eigenvalue weighted by Crippen LogP contribution is 2.36. The first-order chi connectivity index (χ1) is 12.1. The summed E-state index contributed by atoms with van der Waals surface area (Å²) in [7, 11) is 3.10. The van der Waals surface area contributed by atoms with Crippen molar-refractivity contribution < 1.29 is 19.0 Å². The maximum Gasteiger partial charge on any atom is 0.262 e. The third-order valence-corrected chi connectivity index (χ3v) is 3.99. The van der Waals surface area contributed by atoms with E-state index in [0.717, 1.165) is 29.7 Å². The predicted octanol–water partition coefficient (Wildman–Crippen LogP) is 3.85. The van der Waals surface area contributed by atoms with Crippen LogP contribution in [-0.2, 0) is 17.6 Å². The molecule has 1 amide bonds. The monoisotopic (exact) mass is 343 g/mol. The Hall–Kier alpha value is -2.69. The highest BCUT2D eigenvalue weighted by molar-refractivity contribution is 5.93. The molecular weight excluding hydrogens is 318 g/mol. The van der Waals surface area contributed by atoms with Crippen LogP contribution in [0.15, 0.2) is 36.4 Å². The summed E-state index contributed by atoms with van der Waals surface area (Å²) in [6, 6.07) is 11.4. The van der Waals surface area contributed by atoms with E-state index in [4.69, 9.17) is 14.2 Å². The van der Waals surface area contributed by atoms with Gasteiger partial charge in [-0.1, -0.05) is 38.1 Å². The smallest absolute Gasteiger partial charge is 0.262 e. The van der Waals surface area contributed by atoms with Gasteiger partial charge in [-0.05, 0) is 36.1 Å². The van der Waals surface area contributed by atoms with Crippen LogP contribution in [0.25, 0.3) is 0 Å². The first kappa shape index (κ1) is 18.6. The quantitative estimate of drug-likeness (QED) is 0.791. The fourth-order valence-corrected chi connectivity index (χ4v) is 2.69. The molecule has 5 heteroatoms. The minimum absolute atomic E-state index is 0.106. The molecule has 0 aromatic heterocycles. The molecule has 0 unspecified atom stereocenters. The van der Waals surface area contributed by atoms with Crippen LogP contribution in [0.4, 0.5) is 5.69 Å². The molecular formula is C20H25NO4. The molecule has 0 atom stereocenters. The molecule has 25 heavy (non-hydrogen) atoms. The number of ether oxygens (including phenoxy) is 3. The van der Waals surface area contributed by atoms with Crippen LogP contribution in [0, 0.1) is 0 Å². The van der Waals surface area contributed by atoms with Crippen molar-refractivity contribution in [3.05, 3.63) is 47.5 Å². The standard InChI is InChI=1S/C20H25NO4/c1-5-14-9-7-10-15(6-2)19(14)21-18(22)13-25-17-12-8-11-16(23-3)20(17)24-4/h7-12H,5-6,13H2,1-4H3,(H,21,22). The summed E-state index contributed by atoms with van der Waals surface area (Å²) in [6.45, 7) is 4.04. The van der Waals surface area contributed by atoms with E-state index < -0.39 is 0 Å². The third kappa shape index (κ3) is 4.44. The van der Waals surface area contributed by atoms with Crippen LogP contribution in [0.1, 0.15) is 25.0 Å². The molecule has 0 spiro atoms. The van der Waals surface area contributed by atoms with Crippen molar-refractivity contribution in [1.29, 1.82) is 0 Å². The molecule has 0 radical (unpaired) electrons. The van der Waals surface area contributed by atoms with Crippen LogP contribution in [-0.4, -0.2) is 26.7 Å². The van der Waals surface area contributed by atoms with Gasteiger partial charge in [0.1, 0.15) is 0 Å². The number of carbonyl (C=O) groups excluding carboxylic acids is 1. The third-order valence-electron chi connectivity index (χ3n) is 3.99. The predicted molar refractivity (Wildman–Crippen MR) is 98.9 cm³/mol. The minimum Gasteiger partial charge on any atom is -0.493 e. The fourth-order valence-electron chi connectivity index (χ4n) is 2.69. The zero-order valence-electron chi connectivity index (χ0n) is 15.2. The largest absolute Gasteiger partial charge is 0.493 e. The Labute approximate surface area is 148 Å². The first-order valence-corrected chi connectivity index (χ1v) is 8.38. The minimum atomic E-state index is -0.208. The Bertz CT molecular complexity index is 705. The van der Waals surface area contributed by atoms with Crippen LogP contribution < -0.4 is 19.5 Å². The molecule has 0 aliphatic carbocycles. The second-order valence-electron chi connectivity index (χ2n) is 5.49. The Morgan fingerprint density at radius 1 is 0.920 bits per heavy atom. The van der Waals surface area contributed by atoms with Crippen molar-refractivity contribution in [2.45, 2.75) is 26.7 Å². The van der Waals surface area contributed by atoms with Gasteiger partial charge in [0, 0.05) is 5.69 Å². The number of methoxy groups -OCH3 is 2. The van der Waals surface area contributed by atoms with Crippen molar-refractivity contribution in [2.24, 2.45) is 0 Å². The van der Waals surface area contributed by atoms with Gasteiger partial charge >= 0.3 is 0 Å². The van der Waals surface area contributed by atoms with E-state index in [-0.39, 0.29) is 12.5 Å². The average molecular weight is 343 g/mol. The number of benzene rings is 2. The molecule has 5 nitrogen and oxygen atoms in total. The van der Waals surface area contributed by atoms with Gasteiger partial charge in [0.2, 0.25) is 5.75 Å². The molecule has 0 saturated heterocycles. The van der Waals surface area contributed by atoms with E-state index in [1.54, 1.807) is 25.3 Å². The van der Waals surface area contributed by atoms with E-state index in [1.807, 2.05) is 18.2 Å². The molecule has 1 N–H and O–H groups in total. The van der Waals surface area contributed by atoms with Crippen molar-refractivity contribution in [2.75, 3.05) is 26.1 Å². The van der Waals surface area contributed by atoms with E-state index in [2.05, 4.69) is 19.2 Å². The molecule has 0 saturated carbocycles. The maximum atomic E-state index is 12.4. The van der Waals surface area contributed by atoms with Gasteiger partial charge in [0.05, 0.1) is 14.2 Å². The Balaban J connectivity index is 2.10. The summed E-state index contributed by atoms with van der Waals surface area (Å²) in [4.78, 5) is 12.4. The van der Waals surface area contributed by atoms with Crippen molar-refractivity contribution >= 4 is 11.6 Å². The van der Waals surface area contributed by atoms with Crippen LogP contribution in [0.2, 0.25) is 0 Å². The highest BCUT2D eigenvalue weighted by atomic mass is 16.5. The normalized spacial score (nSPS) is 10.2. The number of anilines is 1. The number of hydrogen-bond acceptors (Lipinski definition) is 4. The molecule has 2 rings (SSSR count). The summed E-state index contributed by atoms with van der Waals surface area (Å²) >= 11 is 0. The topological polar surface area (TPSA) is 56.8 Å². The second kappa shape index (κ2) is 8.97. The van der Waals surface area contributed by atoms with Gasteiger partial charge in [-0.15, -0.1) is 0 Å². The average Bonchev–Trinajstić information content (AvgIpc) is 2.65. The first-order valence-electron chi connectivity index (χ1n) is 8.38. The Morgan fingerprint density at radius 2 is 1.52 bits per heavy atom. The molecule has 2 aromatic carbocycles. The number of amides is 1. The Morgan fingerprint density at radius 3 is 2.08 bits per heavy atom. The van der Waals surface area contributed by atoms with Gasteiger partial charge in [-0.2, -0.15) is 0 Å². The van der Waals surface area contributed by atoms with Gasteiger partial charge in [0.15, 0.2) is 18.1 Å². The van der Waals surface area contributed by atoms with Crippen molar-refractivity contribution in [3.8, 4) is 17.2 Å². The summed E-state index contributed by atoms with van der Waals surface area (Å²) in [5, 5.41) is 2.98. The van der Waals surface area contributed by atoms with Gasteiger partial charge < -0.3 is 19.5 Å². The van der Waals surface area contributed by atoms with Crippen molar-refractivity contribution in [1.82, 2.24) is 0 Å². The summed E-state index contributed by atoms with van der Waals surface area (Å²) in [5.74, 6) is 1.29. The van der Waals surface area contributed by atoms with E-state index in [0.29, 0.717) is 17.2 Å². The zero-order valence-corrected chi connectivity index (χ0v) is 15.2. The molecule has 0 heterocycles. The van der Waals surface area contributed by atoms with Crippen molar-refractivity contribution in [3.63, 3.8) is 0 Å². The van der Waals surface area contributed by atoms with Gasteiger partial charge in [-0.3, -0.25) is 4.79 Å². The van der Waals surface area contributed by atoms with Crippen LogP contribution in [0.5, 0.6) is 17.2 Å². The second-order valence-corrected chi connectivity index (χ2v) is 5.49. The summed E-state index contributed by atoms with van der Waals surface area (Å²) in [6.07, 6.45) is 1.71. The lowest BCUT2D eigenvalue weighted by molar-refractivity contribution is -0.118. The number of aryl methyl sites for hydroxylation is 2. The molecule has 2 aromatic rings. The number of carbonyl (C=O) groups is 1. The molecule has 134 valence electrons. The lowest BCUT2D eigenvalue weighted by Crippen LogP contribution is -2.22. The molecule has 0 aliphatic heterocycles. The number of para-hydroxylation sites is 2. The summed E-state index contributed by atoms with van der Waals surface area (Å²) < 4.78 is 16.2.